The first-order valence-corrected chi connectivity index (χ1v) is 8.07. The van der Waals surface area contributed by atoms with Gasteiger partial charge in [0, 0.05) is 17.3 Å². The van der Waals surface area contributed by atoms with Crippen LogP contribution in [0.3, 0.4) is 0 Å². The normalized spacial score (nSPS) is 14.2. The molecule has 2 aromatic rings. The number of hydrogen-bond donors (Lipinski definition) is 3. The van der Waals surface area contributed by atoms with E-state index in [2.05, 4.69) is 10.6 Å². The highest BCUT2D eigenvalue weighted by atomic mass is 35.5. The van der Waals surface area contributed by atoms with Crippen molar-refractivity contribution in [2.24, 2.45) is 11.7 Å². The Morgan fingerprint density at radius 3 is 2.24 bits per heavy atom. The molecule has 0 saturated heterocycles. The summed E-state index contributed by atoms with van der Waals surface area (Å²) in [5.41, 5.74) is 9.18. The molecule has 0 aromatic heterocycles. The van der Waals surface area contributed by atoms with Crippen LogP contribution in [-0.2, 0) is 9.59 Å². The Balaban J connectivity index is 0.00000225. The molecule has 0 spiro atoms. The Morgan fingerprint density at radius 2 is 1.64 bits per heavy atom. The van der Waals surface area contributed by atoms with E-state index in [1.807, 2.05) is 31.2 Å². The fourth-order valence-electron chi connectivity index (χ4n) is 2.41. The molecule has 5 nitrogen and oxygen atoms in total. The number of rotatable bonds is 5. The lowest BCUT2D eigenvalue weighted by atomic mass is 10.1. The Hall–Kier alpha value is -2.37. The first-order chi connectivity index (χ1) is 11.5. The highest BCUT2D eigenvalue weighted by Crippen LogP contribution is 2.30. The zero-order valence-corrected chi connectivity index (χ0v) is 14.8. The summed E-state index contributed by atoms with van der Waals surface area (Å²) < 4.78 is 0. The summed E-state index contributed by atoms with van der Waals surface area (Å²) >= 11 is 0. The van der Waals surface area contributed by atoms with Crippen LogP contribution >= 0.6 is 12.4 Å². The van der Waals surface area contributed by atoms with E-state index in [4.69, 9.17) is 5.73 Å². The topological polar surface area (TPSA) is 84.2 Å². The van der Waals surface area contributed by atoms with Crippen molar-refractivity contribution in [3.63, 3.8) is 0 Å². The summed E-state index contributed by atoms with van der Waals surface area (Å²) in [6.07, 6.45) is 1.90. The standard InChI is InChI=1S/C19H21N3O2.ClH/c1-12-5-7-13(8-6-12)17(20)19(24)22-16-4-2-3-15(11-16)21-18(23)14-9-10-14;/h2-8,11,14,17H,9-10,20H2,1H3,(H,21,23)(H,22,24);1H. The van der Waals surface area contributed by atoms with Gasteiger partial charge in [0.25, 0.3) is 0 Å². The molecule has 0 bridgehead atoms. The molecule has 1 atom stereocenters. The second-order valence-corrected chi connectivity index (χ2v) is 6.22. The average Bonchev–Trinajstić information content (AvgIpc) is 3.40. The number of amides is 2. The minimum atomic E-state index is -0.740. The lowest BCUT2D eigenvalue weighted by Gasteiger charge is -2.14. The molecule has 6 heteroatoms. The Morgan fingerprint density at radius 1 is 1.04 bits per heavy atom. The molecule has 0 radical (unpaired) electrons. The van der Waals surface area contributed by atoms with E-state index in [1.165, 1.54) is 0 Å². The molecule has 3 rings (SSSR count). The summed E-state index contributed by atoms with van der Waals surface area (Å²) in [6, 6.07) is 13.9. The number of halogens is 1. The van der Waals surface area contributed by atoms with Crippen LogP contribution in [0.15, 0.2) is 48.5 Å². The van der Waals surface area contributed by atoms with E-state index in [-0.39, 0.29) is 30.1 Å². The van der Waals surface area contributed by atoms with Gasteiger partial charge in [0.05, 0.1) is 0 Å². The van der Waals surface area contributed by atoms with Crippen molar-refractivity contribution in [1.29, 1.82) is 0 Å². The molecule has 0 heterocycles. The number of benzene rings is 2. The number of nitrogens with one attached hydrogen (secondary N) is 2. The van der Waals surface area contributed by atoms with E-state index in [0.717, 1.165) is 24.0 Å². The fourth-order valence-corrected chi connectivity index (χ4v) is 2.41. The zero-order chi connectivity index (χ0) is 17.1. The van der Waals surface area contributed by atoms with Crippen molar-refractivity contribution in [1.82, 2.24) is 0 Å². The third kappa shape index (κ3) is 5.05. The van der Waals surface area contributed by atoms with Gasteiger partial charge in [-0.15, -0.1) is 12.4 Å². The van der Waals surface area contributed by atoms with E-state index >= 15 is 0 Å². The second kappa shape index (κ2) is 8.14. The van der Waals surface area contributed by atoms with Gasteiger partial charge in [-0.1, -0.05) is 35.9 Å². The Kier molecular flexibility index (Phi) is 6.17. The molecule has 25 heavy (non-hydrogen) atoms. The summed E-state index contributed by atoms with van der Waals surface area (Å²) in [5, 5.41) is 5.66. The van der Waals surface area contributed by atoms with Crippen molar-refractivity contribution in [3.8, 4) is 0 Å². The van der Waals surface area contributed by atoms with Crippen LogP contribution in [0.5, 0.6) is 0 Å². The average molecular weight is 360 g/mol. The first-order valence-electron chi connectivity index (χ1n) is 8.07. The van der Waals surface area contributed by atoms with Gasteiger partial charge in [0.15, 0.2) is 0 Å². The molecule has 132 valence electrons. The molecule has 0 aliphatic heterocycles. The predicted octanol–water partition coefficient (Wildman–Crippen LogP) is 3.40. The third-order valence-electron chi connectivity index (χ3n) is 4.06. The van der Waals surface area contributed by atoms with E-state index in [0.29, 0.717) is 11.4 Å². The SMILES string of the molecule is Cc1ccc(C(N)C(=O)Nc2cccc(NC(=O)C3CC3)c2)cc1.Cl. The lowest BCUT2D eigenvalue weighted by molar-refractivity contribution is -0.118. The largest absolute Gasteiger partial charge is 0.326 e. The van der Waals surface area contributed by atoms with Gasteiger partial charge in [0.1, 0.15) is 6.04 Å². The molecular formula is C19H22ClN3O2. The molecule has 1 saturated carbocycles. The molecule has 2 aromatic carbocycles. The van der Waals surface area contributed by atoms with Crippen LogP contribution in [0.1, 0.15) is 30.0 Å². The first kappa shape index (κ1) is 19.0. The molecule has 1 aliphatic rings. The third-order valence-corrected chi connectivity index (χ3v) is 4.06. The fraction of sp³-hybridized carbons (Fsp3) is 0.263. The predicted molar refractivity (Wildman–Crippen MR) is 102 cm³/mol. The number of hydrogen-bond acceptors (Lipinski definition) is 3. The van der Waals surface area contributed by atoms with Gasteiger partial charge < -0.3 is 16.4 Å². The summed E-state index contributed by atoms with van der Waals surface area (Å²) in [4.78, 5) is 24.1. The number of anilines is 2. The smallest absolute Gasteiger partial charge is 0.245 e. The maximum absolute atomic E-state index is 12.3. The van der Waals surface area contributed by atoms with Crippen molar-refractivity contribution in [2.75, 3.05) is 10.6 Å². The van der Waals surface area contributed by atoms with E-state index < -0.39 is 6.04 Å². The van der Waals surface area contributed by atoms with Crippen LogP contribution in [0.2, 0.25) is 0 Å². The van der Waals surface area contributed by atoms with Crippen LogP contribution in [0.25, 0.3) is 0 Å². The maximum Gasteiger partial charge on any atom is 0.245 e. The Bertz CT molecular complexity index is 758. The molecular weight excluding hydrogens is 338 g/mol. The van der Waals surface area contributed by atoms with E-state index in [9.17, 15) is 9.59 Å². The van der Waals surface area contributed by atoms with E-state index in [1.54, 1.807) is 24.3 Å². The van der Waals surface area contributed by atoms with Gasteiger partial charge in [-0.2, -0.15) is 0 Å². The van der Waals surface area contributed by atoms with Gasteiger partial charge >= 0.3 is 0 Å². The molecule has 1 unspecified atom stereocenters. The molecule has 4 N–H and O–H groups in total. The lowest BCUT2D eigenvalue weighted by Crippen LogP contribution is -2.27. The number of nitrogens with two attached hydrogens (primary N) is 1. The maximum atomic E-state index is 12.3. The van der Waals surface area contributed by atoms with Crippen LogP contribution in [0.4, 0.5) is 11.4 Å². The Labute approximate surface area is 153 Å². The second-order valence-electron chi connectivity index (χ2n) is 6.22. The minimum absolute atomic E-state index is 0. The van der Waals surface area contributed by atoms with Crippen molar-refractivity contribution in [3.05, 3.63) is 59.7 Å². The summed E-state index contributed by atoms with van der Waals surface area (Å²) in [5.74, 6) is -0.113. The zero-order valence-electron chi connectivity index (χ0n) is 14.0. The van der Waals surface area contributed by atoms with Crippen molar-refractivity contribution < 1.29 is 9.59 Å². The minimum Gasteiger partial charge on any atom is -0.326 e. The number of carbonyl (C=O) groups is 2. The van der Waals surface area contributed by atoms with Gasteiger partial charge in [0.2, 0.25) is 11.8 Å². The highest BCUT2D eigenvalue weighted by Gasteiger charge is 2.29. The quantitative estimate of drug-likeness (QED) is 0.764. The molecule has 1 aliphatic carbocycles. The molecule has 1 fully saturated rings. The van der Waals surface area contributed by atoms with Crippen molar-refractivity contribution in [2.45, 2.75) is 25.8 Å². The summed E-state index contributed by atoms with van der Waals surface area (Å²) in [6.45, 7) is 1.98. The summed E-state index contributed by atoms with van der Waals surface area (Å²) in [7, 11) is 0. The van der Waals surface area contributed by atoms with Crippen LogP contribution < -0.4 is 16.4 Å². The van der Waals surface area contributed by atoms with Gasteiger partial charge in [-0.3, -0.25) is 9.59 Å². The highest BCUT2D eigenvalue weighted by molar-refractivity contribution is 5.97. The van der Waals surface area contributed by atoms with Crippen LogP contribution in [-0.4, -0.2) is 11.8 Å². The van der Waals surface area contributed by atoms with Crippen LogP contribution in [0, 0.1) is 12.8 Å². The van der Waals surface area contributed by atoms with Gasteiger partial charge in [-0.25, -0.2) is 0 Å². The number of carbonyl (C=O) groups excluding carboxylic acids is 2. The molecule has 2 amide bonds. The monoisotopic (exact) mass is 359 g/mol. The number of aryl methyl sites for hydroxylation is 1. The van der Waals surface area contributed by atoms with Gasteiger partial charge in [-0.05, 0) is 43.5 Å². The van der Waals surface area contributed by atoms with Crippen molar-refractivity contribution >= 4 is 35.6 Å².